The van der Waals surface area contributed by atoms with Crippen LogP contribution in [0, 0.1) is 12.8 Å². The van der Waals surface area contributed by atoms with Crippen molar-refractivity contribution in [1.82, 2.24) is 14.6 Å². The quantitative estimate of drug-likeness (QED) is 0.822. The summed E-state index contributed by atoms with van der Waals surface area (Å²) in [6.45, 7) is 5.10. The van der Waals surface area contributed by atoms with Crippen LogP contribution in [0.2, 0.25) is 0 Å². The third-order valence-corrected chi connectivity index (χ3v) is 2.75. The monoisotopic (exact) mass is 234 g/mol. The summed E-state index contributed by atoms with van der Waals surface area (Å²) in [4.78, 5) is 4.32. The van der Waals surface area contributed by atoms with Crippen molar-refractivity contribution in [3.63, 3.8) is 0 Å². The molecule has 5 nitrogen and oxygen atoms in total. The normalized spacial score (nSPS) is 12.9. The molecule has 0 aliphatic rings. The molecule has 0 aliphatic heterocycles. The lowest BCUT2D eigenvalue weighted by Crippen LogP contribution is -2.14. The molecule has 0 radical (unpaired) electrons. The molecule has 17 heavy (non-hydrogen) atoms. The van der Waals surface area contributed by atoms with Gasteiger partial charge >= 0.3 is 0 Å². The van der Waals surface area contributed by atoms with E-state index in [-0.39, 0.29) is 6.61 Å². The van der Waals surface area contributed by atoms with Crippen LogP contribution in [-0.4, -0.2) is 32.9 Å². The summed E-state index contributed by atoms with van der Waals surface area (Å²) in [7, 11) is 0. The predicted molar refractivity (Wildman–Crippen MR) is 67.1 cm³/mol. The molecule has 2 N–H and O–H groups in total. The zero-order valence-electron chi connectivity index (χ0n) is 10.2. The van der Waals surface area contributed by atoms with Crippen molar-refractivity contribution in [2.45, 2.75) is 20.3 Å². The third kappa shape index (κ3) is 2.74. The first-order valence-corrected chi connectivity index (χ1v) is 5.86. The second-order valence-electron chi connectivity index (χ2n) is 4.39. The van der Waals surface area contributed by atoms with E-state index in [1.54, 1.807) is 6.20 Å². The van der Waals surface area contributed by atoms with Gasteiger partial charge in [-0.3, -0.25) is 0 Å². The van der Waals surface area contributed by atoms with Crippen LogP contribution >= 0.6 is 0 Å². The van der Waals surface area contributed by atoms with Crippen molar-refractivity contribution < 1.29 is 5.11 Å². The largest absolute Gasteiger partial charge is 0.396 e. The summed E-state index contributed by atoms with van der Waals surface area (Å²) in [6, 6.07) is 2.01. The molecule has 0 amide bonds. The number of aromatic nitrogens is 3. The minimum absolute atomic E-state index is 0.228. The van der Waals surface area contributed by atoms with Crippen LogP contribution in [0.4, 0.5) is 5.82 Å². The second-order valence-corrected chi connectivity index (χ2v) is 4.39. The van der Waals surface area contributed by atoms with Crippen LogP contribution in [0.5, 0.6) is 0 Å². The summed E-state index contributed by atoms with van der Waals surface area (Å²) in [5.74, 6) is 1.27. The van der Waals surface area contributed by atoms with Crippen molar-refractivity contribution in [3.05, 3.63) is 24.2 Å². The molecular formula is C12H18N4O. The highest BCUT2D eigenvalue weighted by molar-refractivity contribution is 5.67. The number of nitrogens with one attached hydrogen (secondary N) is 1. The van der Waals surface area contributed by atoms with Gasteiger partial charge in [0.2, 0.25) is 0 Å². The van der Waals surface area contributed by atoms with Gasteiger partial charge < -0.3 is 10.4 Å². The number of rotatable bonds is 5. The van der Waals surface area contributed by atoms with Crippen molar-refractivity contribution in [1.29, 1.82) is 0 Å². The lowest BCUT2D eigenvalue weighted by atomic mass is 10.1. The molecule has 0 fully saturated rings. The lowest BCUT2D eigenvalue weighted by Gasteiger charge is -2.12. The molecule has 2 heterocycles. The Hall–Kier alpha value is -1.62. The first kappa shape index (κ1) is 11.9. The molecule has 0 aromatic carbocycles. The molecule has 0 spiro atoms. The van der Waals surface area contributed by atoms with E-state index in [1.165, 1.54) is 0 Å². The first-order valence-electron chi connectivity index (χ1n) is 5.86. The summed E-state index contributed by atoms with van der Waals surface area (Å²) in [5.41, 5.74) is 1.96. The van der Waals surface area contributed by atoms with Gasteiger partial charge in [0.05, 0.1) is 5.69 Å². The van der Waals surface area contributed by atoms with Gasteiger partial charge in [-0.2, -0.15) is 5.10 Å². The van der Waals surface area contributed by atoms with E-state index in [4.69, 9.17) is 5.11 Å². The minimum atomic E-state index is 0.228. The standard InChI is InChI=1S/C12H18N4O/c1-9(3-6-17)8-14-12-11-7-10(2)15-16(11)5-4-13-12/h4-5,7,9,17H,3,6,8H2,1-2H3,(H,13,14). The second kappa shape index (κ2) is 5.14. The summed E-state index contributed by atoms with van der Waals surface area (Å²) >= 11 is 0. The van der Waals surface area contributed by atoms with Gasteiger partial charge in [-0.05, 0) is 25.3 Å². The number of anilines is 1. The average molecular weight is 234 g/mol. The van der Waals surface area contributed by atoms with Crippen molar-refractivity contribution >= 4 is 11.3 Å². The Labute approximate surface area is 100 Å². The van der Waals surface area contributed by atoms with E-state index in [1.807, 2.05) is 23.7 Å². The summed E-state index contributed by atoms with van der Waals surface area (Å²) in [5, 5.41) is 16.5. The SMILES string of the molecule is Cc1cc2c(NCC(C)CCO)nccn2n1. The van der Waals surface area contributed by atoms with Crippen LogP contribution in [0.1, 0.15) is 19.0 Å². The van der Waals surface area contributed by atoms with Crippen LogP contribution in [0.15, 0.2) is 18.5 Å². The van der Waals surface area contributed by atoms with E-state index in [0.717, 1.165) is 30.0 Å². The maximum absolute atomic E-state index is 8.85. The zero-order chi connectivity index (χ0) is 12.3. The first-order chi connectivity index (χ1) is 8.20. The highest BCUT2D eigenvalue weighted by atomic mass is 16.3. The average Bonchev–Trinajstić information content (AvgIpc) is 2.67. The number of aliphatic hydroxyl groups excluding tert-OH is 1. The third-order valence-electron chi connectivity index (χ3n) is 2.75. The van der Waals surface area contributed by atoms with Gasteiger partial charge in [0.25, 0.3) is 0 Å². The molecule has 5 heteroatoms. The fourth-order valence-electron chi connectivity index (χ4n) is 1.77. The number of aliphatic hydroxyl groups is 1. The molecular weight excluding hydrogens is 216 g/mol. The Bertz CT molecular complexity index is 494. The summed E-state index contributed by atoms with van der Waals surface area (Å²) < 4.78 is 1.82. The molecule has 0 bridgehead atoms. The van der Waals surface area contributed by atoms with Crippen LogP contribution in [0.3, 0.4) is 0 Å². The smallest absolute Gasteiger partial charge is 0.152 e. The molecule has 1 atom stereocenters. The number of hydrogen-bond donors (Lipinski definition) is 2. The van der Waals surface area contributed by atoms with E-state index in [0.29, 0.717) is 5.92 Å². The lowest BCUT2D eigenvalue weighted by molar-refractivity contribution is 0.266. The maximum atomic E-state index is 8.85. The van der Waals surface area contributed by atoms with Gasteiger partial charge in [-0.15, -0.1) is 0 Å². The van der Waals surface area contributed by atoms with Crippen LogP contribution < -0.4 is 5.32 Å². The molecule has 0 saturated carbocycles. The molecule has 1 unspecified atom stereocenters. The predicted octanol–water partition coefficient (Wildman–Crippen LogP) is 1.47. The van der Waals surface area contributed by atoms with Gasteiger partial charge in [-0.25, -0.2) is 9.50 Å². The Morgan fingerprint density at radius 1 is 1.53 bits per heavy atom. The molecule has 0 aliphatic carbocycles. The summed E-state index contributed by atoms with van der Waals surface area (Å²) in [6.07, 6.45) is 4.37. The van der Waals surface area contributed by atoms with Crippen molar-refractivity contribution in [2.75, 3.05) is 18.5 Å². The fourth-order valence-corrected chi connectivity index (χ4v) is 1.77. The van der Waals surface area contributed by atoms with E-state index < -0.39 is 0 Å². The van der Waals surface area contributed by atoms with Gasteiger partial charge in [0, 0.05) is 25.5 Å². The zero-order valence-corrected chi connectivity index (χ0v) is 10.2. The van der Waals surface area contributed by atoms with Crippen LogP contribution in [-0.2, 0) is 0 Å². The van der Waals surface area contributed by atoms with Gasteiger partial charge in [0.1, 0.15) is 5.52 Å². The van der Waals surface area contributed by atoms with Gasteiger partial charge in [0.15, 0.2) is 5.82 Å². The Morgan fingerprint density at radius 3 is 3.12 bits per heavy atom. The van der Waals surface area contributed by atoms with E-state index >= 15 is 0 Å². The number of fused-ring (bicyclic) bond motifs is 1. The van der Waals surface area contributed by atoms with E-state index in [2.05, 4.69) is 22.3 Å². The fraction of sp³-hybridized carbons (Fsp3) is 0.500. The number of aryl methyl sites for hydroxylation is 1. The number of nitrogens with zero attached hydrogens (tertiary/aromatic N) is 3. The highest BCUT2D eigenvalue weighted by Crippen LogP contribution is 2.15. The van der Waals surface area contributed by atoms with E-state index in [9.17, 15) is 0 Å². The Kier molecular flexibility index (Phi) is 3.58. The highest BCUT2D eigenvalue weighted by Gasteiger charge is 2.06. The Balaban J connectivity index is 2.12. The molecule has 92 valence electrons. The molecule has 0 saturated heterocycles. The molecule has 2 aromatic rings. The topological polar surface area (TPSA) is 62.5 Å². The van der Waals surface area contributed by atoms with Crippen molar-refractivity contribution in [3.8, 4) is 0 Å². The van der Waals surface area contributed by atoms with Gasteiger partial charge in [-0.1, -0.05) is 6.92 Å². The molecule has 2 rings (SSSR count). The number of hydrogen-bond acceptors (Lipinski definition) is 4. The molecule has 2 aromatic heterocycles. The maximum Gasteiger partial charge on any atom is 0.152 e. The Morgan fingerprint density at radius 2 is 2.35 bits per heavy atom. The van der Waals surface area contributed by atoms with Crippen molar-refractivity contribution in [2.24, 2.45) is 5.92 Å². The van der Waals surface area contributed by atoms with Crippen LogP contribution in [0.25, 0.3) is 5.52 Å². The minimum Gasteiger partial charge on any atom is -0.396 e.